The number of aromatic nitrogens is 2. The van der Waals surface area contributed by atoms with Gasteiger partial charge in [-0.15, -0.1) is 0 Å². The number of esters is 1. The summed E-state index contributed by atoms with van der Waals surface area (Å²) in [4.78, 5) is 38.4. The number of H-pyrrole nitrogens is 1. The van der Waals surface area contributed by atoms with Gasteiger partial charge in [0, 0.05) is 17.7 Å². The predicted octanol–water partition coefficient (Wildman–Crippen LogP) is 4.81. The minimum atomic E-state index is -0.833. The molecule has 7 N–H and O–H groups in total. The van der Waals surface area contributed by atoms with Crippen molar-refractivity contribution in [2.75, 3.05) is 12.3 Å². The Morgan fingerprint density at radius 2 is 1.63 bits per heavy atom. The number of hydrogen-bond donors (Lipinski definition) is 5. The first-order chi connectivity index (χ1) is 18.1. The number of para-hydroxylation sites is 2. The second-order valence-corrected chi connectivity index (χ2v) is 7.81. The van der Waals surface area contributed by atoms with E-state index >= 15 is 0 Å². The number of carbonyl (C=O) groups is 2. The van der Waals surface area contributed by atoms with Gasteiger partial charge in [-0.25, -0.2) is 9.78 Å². The fourth-order valence-electron chi connectivity index (χ4n) is 3.03. The number of halogens is 2. The molecule has 3 aromatic heterocycles. The predicted molar refractivity (Wildman–Crippen MR) is 145 cm³/mol. The number of carboxylic acid groups (broad SMARTS) is 1. The Labute approximate surface area is 224 Å². The number of nitrogen functional groups attached to an aromatic ring is 1. The van der Waals surface area contributed by atoms with Gasteiger partial charge in [0.05, 0.1) is 35.0 Å². The van der Waals surface area contributed by atoms with Crippen molar-refractivity contribution in [3.05, 3.63) is 68.9 Å². The minimum Gasteiger partial charge on any atom is -0.481 e. The van der Waals surface area contributed by atoms with Crippen LogP contribution < -0.4 is 17.0 Å². The molecule has 14 heteroatoms. The van der Waals surface area contributed by atoms with Gasteiger partial charge in [0.1, 0.15) is 5.52 Å². The van der Waals surface area contributed by atoms with Crippen LogP contribution in [0.5, 0.6) is 0 Å². The molecule has 12 nitrogen and oxygen atoms in total. The zero-order chi connectivity index (χ0) is 28.4. The molecule has 38 heavy (non-hydrogen) atoms. The monoisotopic (exact) mass is 563 g/mol. The van der Waals surface area contributed by atoms with Crippen molar-refractivity contribution >= 4 is 80.2 Å². The molecule has 2 aromatic carbocycles. The lowest BCUT2D eigenvalue weighted by atomic mass is 10.2. The van der Waals surface area contributed by atoms with E-state index < -0.39 is 11.9 Å². The first-order valence-corrected chi connectivity index (χ1v) is 11.4. The molecule has 0 saturated heterocycles. The number of benzene rings is 2. The molecular formula is C24H23Cl2N5O7. The van der Waals surface area contributed by atoms with E-state index in [1.54, 1.807) is 37.3 Å². The number of nitrogens with two attached hydrogens (primary N) is 2. The lowest BCUT2D eigenvalue weighted by Gasteiger charge is -1.97. The number of carboxylic acids is 1. The number of nitrogens with zero attached hydrogens (tertiary/aromatic N) is 1. The van der Waals surface area contributed by atoms with E-state index in [9.17, 15) is 9.59 Å². The van der Waals surface area contributed by atoms with Gasteiger partial charge in [-0.1, -0.05) is 35.3 Å². The van der Waals surface area contributed by atoms with Crippen LogP contribution in [0.1, 0.15) is 24.4 Å². The molecule has 0 unspecified atom stereocenters. The van der Waals surface area contributed by atoms with Gasteiger partial charge in [0.2, 0.25) is 11.3 Å². The van der Waals surface area contributed by atoms with E-state index in [2.05, 4.69) is 15.7 Å². The summed E-state index contributed by atoms with van der Waals surface area (Å²) in [5.41, 5.74) is 11.8. The van der Waals surface area contributed by atoms with Crippen LogP contribution in [-0.4, -0.2) is 40.0 Å². The zero-order valence-corrected chi connectivity index (χ0v) is 21.6. The van der Waals surface area contributed by atoms with E-state index in [-0.39, 0.29) is 29.2 Å². The van der Waals surface area contributed by atoms with Crippen LogP contribution in [0.25, 0.3) is 33.0 Å². The average molecular weight is 564 g/mol. The summed E-state index contributed by atoms with van der Waals surface area (Å²) in [6.45, 7) is 3.06. The Hall–Kier alpha value is -4.55. The summed E-state index contributed by atoms with van der Waals surface area (Å²) < 4.78 is 15.5. The molecule has 0 aliphatic rings. The van der Waals surface area contributed by atoms with E-state index in [0.29, 0.717) is 32.1 Å². The Kier molecular flexibility index (Phi) is 10.7. The summed E-state index contributed by atoms with van der Waals surface area (Å²) in [6, 6.07) is 10.5. The van der Waals surface area contributed by atoms with Crippen molar-refractivity contribution in [3.8, 4) is 0 Å². The number of ether oxygens (including phenoxy) is 1. The van der Waals surface area contributed by atoms with Crippen molar-refractivity contribution in [2.24, 2.45) is 5.73 Å². The van der Waals surface area contributed by atoms with Crippen LogP contribution in [0.15, 0.2) is 56.4 Å². The van der Waals surface area contributed by atoms with Crippen LogP contribution in [-0.2, 0) is 9.53 Å². The molecular weight excluding hydrogens is 541 g/mol. The smallest absolute Gasteiger partial charge is 0.376 e. The first kappa shape index (κ1) is 29.7. The van der Waals surface area contributed by atoms with Crippen LogP contribution >= 0.6 is 23.2 Å². The van der Waals surface area contributed by atoms with Gasteiger partial charge in [-0.3, -0.25) is 15.0 Å². The highest BCUT2D eigenvalue weighted by Crippen LogP contribution is 2.33. The lowest BCUT2D eigenvalue weighted by molar-refractivity contribution is -0.134. The van der Waals surface area contributed by atoms with E-state index in [0.717, 1.165) is 18.6 Å². The Morgan fingerprint density at radius 3 is 2.16 bits per heavy atom. The van der Waals surface area contributed by atoms with E-state index in [1.165, 1.54) is 6.33 Å². The van der Waals surface area contributed by atoms with Crippen molar-refractivity contribution in [1.29, 1.82) is 5.41 Å². The van der Waals surface area contributed by atoms with Crippen molar-refractivity contribution < 1.29 is 28.3 Å². The van der Waals surface area contributed by atoms with Gasteiger partial charge >= 0.3 is 5.97 Å². The molecule has 3 heterocycles. The number of nitrogens with one attached hydrogen (secondary N) is 2. The van der Waals surface area contributed by atoms with Crippen molar-refractivity contribution in [1.82, 2.24) is 9.97 Å². The molecule has 0 bridgehead atoms. The van der Waals surface area contributed by atoms with E-state index in [1.807, 2.05) is 6.07 Å². The Morgan fingerprint density at radius 1 is 1.11 bits per heavy atom. The normalized spacial score (nSPS) is 9.89. The maximum absolute atomic E-state index is 11.5. The number of carbonyl (C=O) groups excluding carboxylic acids is 1. The summed E-state index contributed by atoms with van der Waals surface area (Å²) in [5, 5.41) is 15.5. The number of rotatable bonds is 2. The number of aliphatic carboxylic acids is 1. The zero-order valence-electron chi connectivity index (χ0n) is 20.1. The molecule has 0 amide bonds. The molecule has 200 valence electrons. The summed E-state index contributed by atoms with van der Waals surface area (Å²) in [5.74, 6) is -1.41. The third-order valence-corrected chi connectivity index (χ3v) is 5.00. The molecule has 0 spiro atoms. The Bertz CT molecular complexity index is 1640. The second kappa shape index (κ2) is 13.7. The number of hydrogen-bond acceptors (Lipinski definition) is 9. The summed E-state index contributed by atoms with van der Waals surface area (Å²) in [6.07, 6.45) is 2.10. The lowest BCUT2D eigenvalue weighted by Crippen LogP contribution is -2.05. The third kappa shape index (κ3) is 7.02. The maximum atomic E-state index is 11.5. The van der Waals surface area contributed by atoms with Gasteiger partial charge in [0.25, 0.3) is 11.5 Å². The number of anilines is 1. The SMILES string of the molecule is CC(=O)O.CCOC(=O)c1oc2c(Cl)cccc2c1N.N=CN.O=c1[nH]cnc2c1oc1c(Cl)cccc12. The highest BCUT2D eigenvalue weighted by atomic mass is 35.5. The fourth-order valence-corrected chi connectivity index (χ4v) is 3.45. The van der Waals surface area contributed by atoms with Gasteiger partial charge in [-0.2, -0.15) is 0 Å². The Balaban J connectivity index is 0.000000215. The standard InChI is InChI=1S/C11H10ClNO3.C10H5ClN2O2.C2H4O2.CH4N2/c1-2-15-11(14)10-8(13)6-4-3-5-7(12)9(6)16-10;11-6-3-1-2-5-7-9(15-8(5)6)10(14)13-4-12-7;1-2(3)4;2-1-3/h3-5H,2,13H2,1H3;1-4H,(H,12,13,14);1H3,(H,3,4);1H,(H3,2,3). The quantitative estimate of drug-likeness (QED) is 0.112. The van der Waals surface area contributed by atoms with Crippen LogP contribution in [0.3, 0.4) is 0 Å². The highest BCUT2D eigenvalue weighted by Gasteiger charge is 2.20. The molecule has 0 aliphatic carbocycles. The van der Waals surface area contributed by atoms with Crippen LogP contribution in [0.2, 0.25) is 10.0 Å². The summed E-state index contributed by atoms with van der Waals surface area (Å²) >= 11 is 11.9. The van der Waals surface area contributed by atoms with Crippen LogP contribution in [0.4, 0.5) is 5.69 Å². The van der Waals surface area contributed by atoms with Gasteiger partial charge in [-0.05, 0) is 31.2 Å². The fraction of sp³-hybridized carbons (Fsp3) is 0.125. The molecule has 0 atom stereocenters. The third-order valence-electron chi connectivity index (χ3n) is 4.40. The number of aromatic amines is 1. The maximum Gasteiger partial charge on any atom is 0.376 e. The number of fused-ring (bicyclic) bond motifs is 4. The van der Waals surface area contributed by atoms with E-state index in [4.69, 9.17) is 57.8 Å². The number of furan rings is 2. The van der Waals surface area contributed by atoms with Gasteiger partial charge < -0.3 is 35.1 Å². The van der Waals surface area contributed by atoms with Gasteiger partial charge in [0.15, 0.2) is 11.2 Å². The molecule has 0 aliphatic heterocycles. The highest BCUT2D eigenvalue weighted by molar-refractivity contribution is 6.36. The second-order valence-electron chi connectivity index (χ2n) is 7.00. The molecule has 5 rings (SSSR count). The molecule has 5 aromatic rings. The first-order valence-electron chi connectivity index (χ1n) is 10.6. The largest absolute Gasteiger partial charge is 0.481 e. The van der Waals surface area contributed by atoms with Crippen molar-refractivity contribution in [3.63, 3.8) is 0 Å². The summed E-state index contributed by atoms with van der Waals surface area (Å²) in [7, 11) is 0. The van der Waals surface area contributed by atoms with Crippen LogP contribution in [0, 0.1) is 5.41 Å². The minimum absolute atomic E-state index is 0.00458. The topological polar surface area (TPSA) is 212 Å². The average Bonchev–Trinajstić information content (AvgIpc) is 3.41. The molecule has 0 fully saturated rings. The molecule has 0 radical (unpaired) electrons. The molecule has 0 saturated carbocycles. The van der Waals surface area contributed by atoms with Crippen molar-refractivity contribution in [2.45, 2.75) is 13.8 Å².